The van der Waals surface area contributed by atoms with Gasteiger partial charge < -0.3 is 10.4 Å². The van der Waals surface area contributed by atoms with Gasteiger partial charge in [-0.05, 0) is 31.5 Å². The van der Waals surface area contributed by atoms with Crippen LogP contribution in [0.4, 0.5) is 5.69 Å². The van der Waals surface area contributed by atoms with Crippen molar-refractivity contribution in [2.75, 3.05) is 18.5 Å². The second-order valence-electron chi connectivity index (χ2n) is 6.13. The number of nitrogens with zero attached hydrogens (tertiary/aromatic N) is 3. The maximum atomic E-state index is 8.99. The van der Waals surface area contributed by atoms with Crippen LogP contribution in [0.25, 0.3) is 0 Å². The lowest BCUT2D eigenvalue weighted by Gasteiger charge is -2.18. The summed E-state index contributed by atoms with van der Waals surface area (Å²) in [5, 5.41) is 30.0. The SMILES string of the molecule is CC(C)N=C(c1ccc(NCCO)cc1)C1C=CC(=C(C#N)C#N)C=C1. The van der Waals surface area contributed by atoms with E-state index in [2.05, 4.69) is 5.32 Å². The first-order valence-corrected chi connectivity index (χ1v) is 8.52. The van der Waals surface area contributed by atoms with Crippen LogP contribution in [-0.4, -0.2) is 30.0 Å². The van der Waals surface area contributed by atoms with Crippen LogP contribution in [0.3, 0.4) is 0 Å². The Morgan fingerprint density at radius 2 is 1.77 bits per heavy atom. The van der Waals surface area contributed by atoms with Crippen LogP contribution in [0.1, 0.15) is 19.4 Å². The van der Waals surface area contributed by atoms with Gasteiger partial charge in [0.2, 0.25) is 0 Å². The minimum absolute atomic E-state index is 0.0176. The summed E-state index contributed by atoms with van der Waals surface area (Å²) in [6, 6.07) is 11.9. The molecule has 1 aromatic carbocycles. The molecular weight excluding hydrogens is 324 g/mol. The molecule has 0 aromatic heterocycles. The summed E-state index contributed by atoms with van der Waals surface area (Å²) in [4.78, 5) is 4.78. The van der Waals surface area contributed by atoms with Gasteiger partial charge in [-0.1, -0.05) is 36.4 Å². The predicted octanol–water partition coefficient (Wildman–Crippen LogP) is 3.37. The number of aliphatic hydroxyl groups excluding tert-OH is 1. The number of hydrogen-bond donors (Lipinski definition) is 2. The first-order chi connectivity index (χ1) is 12.6. The Bertz CT molecular complexity index is 798. The van der Waals surface area contributed by atoms with Crippen molar-refractivity contribution in [3.63, 3.8) is 0 Å². The van der Waals surface area contributed by atoms with Crippen LogP contribution in [0.15, 0.2) is 64.7 Å². The van der Waals surface area contributed by atoms with Gasteiger partial charge in [-0.15, -0.1) is 0 Å². The van der Waals surface area contributed by atoms with E-state index in [0.29, 0.717) is 12.1 Å². The maximum Gasteiger partial charge on any atom is 0.136 e. The average molecular weight is 346 g/mol. The molecule has 0 radical (unpaired) electrons. The number of hydrogen-bond acceptors (Lipinski definition) is 5. The number of benzene rings is 1. The molecule has 5 heteroatoms. The summed E-state index contributed by atoms with van der Waals surface area (Å²) in [6.45, 7) is 4.66. The average Bonchev–Trinajstić information content (AvgIpc) is 2.66. The Morgan fingerprint density at radius 1 is 1.15 bits per heavy atom. The fourth-order valence-corrected chi connectivity index (χ4v) is 2.63. The molecule has 0 saturated carbocycles. The lowest BCUT2D eigenvalue weighted by atomic mass is 9.90. The summed E-state index contributed by atoms with van der Waals surface area (Å²) < 4.78 is 0. The van der Waals surface area contributed by atoms with Gasteiger partial charge in [-0.25, -0.2) is 0 Å². The van der Waals surface area contributed by atoms with E-state index in [1.54, 1.807) is 12.2 Å². The second kappa shape index (κ2) is 9.36. The summed E-state index contributed by atoms with van der Waals surface area (Å²) in [5.41, 5.74) is 3.63. The van der Waals surface area contributed by atoms with Crippen molar-refractivity contribution in [2.24, 2.45) is 10.9 Å². The third-order valence-electron chi connectivity index (χ3n) is 3.81. The van der Waals surface area contributed by atoms with Crippen molar-refractivity contribution in [3.8, 4) is 12.1 Å². The quantitative estimate of drug-likeness (QED) is 0.610. The highest BCUT2D eigenvalue weighted by atomic mass is 16.3. The monoisotopic (exact) mass is 346 g/mol. The lowest BCUT2D eigenvalue weighted by molar-refractivity contribution is 0.311. The standard InChI is InChI=1S/C21H22N4O/c1-15(2)25-21(18-7-9-20(10-8-18)24-11-12-26)17-5-3-16(4-6-17)19(13-22)14-23/h3-10,15,17,24,26H,11-12H2,1-2H3. The minimum Gasteiger partial charge on any atom is -0.395 e. The van der Waals surface area contributed by atoms with E-state index in [0.717, 1.165) is 17.0 Å². The fraction of sp³-hybridized carbons (Fsp3) is 0.286. The normalized spacial score (nSPS) is 16.3. The van der Waals surface area contributed by atoms with Crippen LogP contribution in [0.2, 0.25) is 0 Å². The van der Waals surface area contributed by atoms with Crippen LogP contribution in [0, 0.1) is 28.6 Å². The van der Waals surface area contributed by atoms with Crippen molar-refractivity contribution in [1.29, 1.82) is 10.5 Å². The van der Waals surface area contributed by atoms with Crippen molar-refractivity contribution in [3.05, 3.63) is 65.3 Å². The molecule has 0 aliphatic heterocycles. The highest BCUT2D eigenvalue weighted by Crippen LogP contribution is 2.23. The highest BCUT2D eigenvalue weighted by Gasteiger charge is 2.16. The van der Waals surface area contributed by atoms with Crippen molar-refractivity contribution >= 4 is 11.4 Å². The van der Waals surface area contributed by atoms with E-state index < -0.39 is 0 Å². The van der Waals surface area contributed by atoms with Crippen LogP contribution >= 0.6 is 0 Å². The third-order valence-corrected chi connectivity index (χ3v) is 3.81. The Labute approximate surface area is 154 Å². The van der Waals surface area contributed by atoms with E-state index in [9.17, 15) is 0 Å². The van der Waals surface area contributed by atoms with Gasteiger partial charge in [0, 0.05) is 29.8 Å². The molecule has 0 bridgehead atoms. The number of allylic oxidation sites excluding steroid dienone is 6. The summed E-state index contributed by atoms with van der Waals surface area (Å²) in [5.74, 6) is -0.0176. The number of rotatable bonds is 6. The highest BCUT2D eigenvalue weighted by molar-refractivity contribution is 6.05. The number of aliphatic hydroxyl groups is 1. The molecule has 0 fully saturated rings. The molecule has 0 saturated heterocycles. The van der Waals surface area contributed by atoms with E-state index in [1.807, 2.05) is 62.4 Å². The molecule has 0 spiro atoms. The largest absolute Gasteiger partial charge is 0.395 e. The first-order valence-electron chi connectivity index (χ1n) is 8.52. The molecule has 0 heterocycles. The summed E-state index contributed by atoms with van der Waals surface area (Å²) >= 11 is 0. The van der Waals surface area contributed by atoms with Gasteiger partial charge in [-0.2, -0.15) is 10.5 Å². The van der Waals surface area contributed by atoms with Crippen molar-refractivity contribution < 1.29 is 5.11 Å². The van der Waals surface area contributed by atoms with Gasteiger partial charge in [0.15, 0.2) is 0 Å². The summed E-state index contributed by atoms with van der Waals surface area (Å²) in [6.07, 6.45) is 7.53. The van der Waals surface area contributed by atoms with Crippen LogP contribution in [0.5, 0.6) is 0 Å². The molecule has 2 N–H and O–H groups in total. The van der Waals surface area contributed by atoms with Crippen LogP contribution in [-0.2, 0) is 0 Å². The van der Waals surface area contributed by atoms with E-state index in [-0.39, 0.29) is 24.1 Å². The van der Waals surface area contributed by atoms with Crippen LogP contribution < -0.4 is 5.32 Å². The van der Waals surface area contributed by atoms with Gasteiger partial charge in [0.1, 0.15) is 17.7 Å². The first kappa shape index (κ1) is 19.2. The predicted molar refractivity (Wildman–Crippen MR) is 104 cm³/mol. The molecule has 1 aliphatic carbocycles. The Balaban J connectivity index is 2.30. The zero-order chi connectivity index (χ0) is 18.9. The molecule has 5 nitrogen and oxygen atoms in total. The zero-order valence-electron chi connectivity index (χ0n) is 15.0. The zero-order valence-corrected chi connectivity index (χ0v) is 15.0. The van der Waals surface area contributed by atoms with E-state index in [1.165, 1.54) is 0 Å². The van der Waals surface area contributed by atoms with Crippen molar-refractivity contribution in [2.45, 2.75) is 19.9 Å². The molecule has 1 aromatic rings. The molecule has 1 aliphatic rings. The van der Waals surface area contributed by atoms with Gasteiger partial charge >= 0.3 is 0 Å². The van der Waals surface area contributed by atoms with Gasteiger partial charge in [0.05, 0.1) is 12.3 Å². The molecule has 0 amide bonds. The molecule has 132 valence electrons. The maximum absolute atomic E-state index is 8.99. The topological polar surface area (TPSA) is 92.2 Å². The van der Waals surface area contributed by atoms with E-state index in [4.69, 9.17) is 20.6 Å². The molecule has 2 rings (SSSR count). The molecule has 0 unspecified atom stereocenters. The van der Waals surface area contributed by atoms with E-state index >= 15 is 0 Å². The number of anilines is 1. The molecular formula is C21H22N4O. The molecule has 0 atom stereocenters. The lowest BCUT2D eigenvalue weighted by Crippen LogP contribution is -2.16. The minimum atomic E-state index is -0.0176. The van der Waals surface area contributed by atoms with Gasteiger partial charge in [0.25, 0.3) is 0 Å². The third kappa shape index (κ3) is 4.92. The smallest absolute Gasteiger partial charge is 0.136 e. The summed E-state index contributed by atoms with van der Waals surface area (Å²) in [7, 11) is 0. The number of nitriles is 2. The Hall–Kier alpha value is -3.15. The van der Waals surface area contributed by atoms with Crippen molar-refractivity contribution in [1.82, 2.24) is 0 Å². The van der Waals surface area contributed by atoms with Gasteiger partial charge in [-0.3, -0.25) is 4.99 Å². The Morgan fingerprint density at radius 3 is 2.27 bits per heavy atom. The molecule has 26 heavy (non-hydrogen) atoms. The Kier molecular flexibility index (Phi) is 6.91. The number of nitrogens with one attached hydrogen (secondary N) is 1. The second-order valence-corrected chi connectivity index (χ2v) is 6.13. The fourth-order valence-electron chi connectivity index (χ4n) is 2.63. The number of aliphatic imine (C=N–C) groups is 1.